The number of rotatable bonds is 4. The molecule has 1 aromatic heterocycles. The summed E-state index contributed by atoms with van der Waals surface area (Å²) in [4.78, 5) is 29.6. The minimum atomic E-state index is -0.948. The number of methoxy groups -OCH3 is 1. The minimum Gasteiger partial charge on any atom is -0.457 e. The molecular formula is C28H34I3NO8. The fourth-order valence-electron chi connectivity index (χ4n) is 7.25. The van der Waals surface area contributed by atoms with Gasteiger partial charge < -0.3 is 34.1 Å². The van der Waals surface area contributed by atoms with Crippen LogP contribution in [0, 0.1) is 40.4 Å². The summed E-state index contributed by atoms with van der Waals surface area (Å²) in [7, 11) is 1.47. The van der Waals surface area contributed by atoms with Crippen molar-refractivity contribution < 1.29 is 38.7 Å². The van der Waals surface area contributed by atoms with Crippen molar-refractivity contribution in [2.24, 2.45) is 29.6 Å². The lowest BCUT2D eigenvalue weighted by Gasteiger charge is -2.48. The zero-order chi connectivity index (χ0) is 29.3. The highest BCUT2D eigenvalue weighted by Crippen LogP contribution is 2.61. The van der Waals surface area contributed by atoms with Crippen molar-refractivity contribution in [3.63, 3.8) is 0 Å². The number of hydrogen-bond donors (Lipinski definition) is 3. The first kappa shape index (κ1) is 31.2. The second kappa shape index (κ2) is 11.7. The van der Waals surface area contributed by atoms with Gasteiger partial charge in [-0.2, -0.15) is 0 Å². The quantitative estimate of drug-likeness (QED) is 0.234. The number of halogens is 3. The third-order valence-corrected chi connectivity index (χ3v) is 14.2. The number of aromatic nitrogens is 1. The maximum Gasteiger partial charge on any atom is 0.356 e. The van der Waals surface area contributed by atoms with E-state index in [1.54, 1.807) is 6.92 Å². The monoisotopic (exact) mass is 893 g/mol. The Morgan fingerprint density at radius 3 is 2.52 bits per heavy atom. The molecule has 0 aromatic carbocycles. The molecule has 4 aliphatic rings. The molecule has 0 amide bonds. The SMILES string of the molecule is CO[C@H]1CC2C=C[C@H]3[C@H]4O[C@]2(/C(C)=C/[C@@H](C)C([C@@H](C)O)OC1=O)[C@@H]3[C@H](O)[C@@H](C)[C@H]4OC(=O)c1[nH]c(I)c(I)c1I. The molecule has 40 heavy (non-hydrogen) atoms. The fourth-order valence-corrected chi connectivity index (χ4v) is 9.33. The molecule has 5 rings (SSSR count). The Hall–Kier alpha value is -0.270. The molecule has 1 aromatic rings. The van der Waals surface area contributed by atoms with Crippen LogP contribution in [0.25, 0.3) is 0 Å². The molecule has 220 valence electrons. The molecule has 2 aliphatic carbocycles. The van der Waals surface area contributed by atoms with Crippen LogP contribution in [0.2, 0.25) is 0 Å². The van der Waals surface area contributed by atoms with Crippen LogP contribution in [-0.4, -0.2) is 76.5 Å². The Balaban J connectivity index is 1.56. The third kappa shape index (κ3) is 4.92. The largest absolute Gasteiger partial charge is 0.457 e. The van der Waals surface area contributed by atoms with Crippen molar-refractivity contribution in [2.45, 2.75) is 76.3 Å². The van der Waals surface area contributed by atoms with Gasteiger partial charge in [0.15, 0.2) is 6.10 Å². The summed E-state index contributed by atoms with van der Waals surface area (Å²) >= 11 is 6.49. The zero-order valence-electron chi connectivity index (χ0n) is 22.8. The number of aromatic amines is 1. The van der Waals surface area contributed by atoms with Gasteiger partial charge in [-0.1, -0.05) is 32.1 Å². The van der Waals surface area contributed by atoms with E-state index in [2.05, 4.69) is 78.8 Å². The molecule has 1 saturated heterocycles. The molecule has 12 heteroatoms. The third-order valence-electron chi connectivity index (χ3n) is 9.16. The number of cyclic esters (lactones) is 1. The van der Waals surface area contributed by atoms with E-state index in [0.29, 0.717) is 5.69 Å². The first-order valence-corrected chi connectivity index (χ1v) is 16.6. The molecule has 0 radical (unpaired) electrons. The number of ether oxygens (including phenoxy) is 4. The number of carbonyl (C=O) groups is 2. The molecule has 2 fully saturated rings. The van der Waals surface area contributed by atoms with Crippen LogP contribution in [-0.2, 0) is 23.7 Å². The summed E-state index contributed by atoms with van der Waals surface area (Å²) in [6.07, 6.45) is 1.82. The maximum atomic E-state index is 13.4. The van der Waals surface area contributed by atoms with Gasteiger partial charge in [-0.15, -0.1) is 0 Å². The van der Waals surface area contributed by atoms with Crippen LogP contribution in [0.4, 0.5) is 0 Å². The van der Waals surface area contributed by atoms with E-state index >= 15 is 0 Å². The first-order chi connectivity index (χ1) is 18.8. The van der Waals surface area contributed by atoms with Crippen LogP contribution >= 0.6 is 67.8 Å². The van der Waals surface area contributed by atoms with Gasteiger partial charge in [0.25, 0.3) is 0 Å². The lowest BCUT2D eigenvalue weighted by molar-refractivity contribution is -0.172. The van der Waals surface area contributed by atoms with Crippen molar-refractivity contribution in [2.75, 3.05) is 7.11 Å². The summed E-state index contributed by atoms with van der Waals surface area (Å²) < 4.78 is 27.1. The molecule has 1 spiro atoms. The van der Waals surface area contributed by atoms with Gasteiger partial charge in [0.2, 0.25) is 0 Å². The Morgan fingerprint density at radius 2 is 1.93 bits per heavy atom. The molecule has 3 N–H and O–H groups in total. The number of hydrogen-bond acceptors (Lipinski definition) is 8. The van der Waals surface area contributed by atoms with Crippen molar-refractivity contribution in [3.05, 3.63) is 40.3 Å². The second-order valence-corrected chi connectivity index (χ2v) is 14.7. The number of nitrogens with one attached hydrogen (secondary N) is 1. The maximum absolute atomic E-state index is 13.4. The van der Waals surface area contributed by atoms with Crippen LogP contribution in [0.5, 0.6) is 0 Å². The lowest BCUT2D eigenvalue weighted by atomic mass is 9.57. The molecule has 2 unspecified atom stereocenters. The van der Waals surface area contributed by atoms with Gasteiger partial charge in [-0.3, -0.25) is 0 Å². The van der Waals surface area contributed by atoms with Gasteiger partial charge in [0, 0.05) is 36.7 Å². The van der Waals surface area contributed by atoms with Gasteiger partial charge in [-0.25, -0.2) is 9.59 Å². The van der Waals surface area contributed by atoms with Gasteiger partial charge >= 0.3 is 11.9 Å². The molecular weight excluding hydrogens is 859 g/mol. The highest BCUT2D eigenvalue weighted by Gasteiger charge is 2.69. The van der Waals surface area contributed by atoms with Crippen LogP contribution in [0.15, 0.2) is 23.8 Å². The van der Waals surface area contributed by atoms with Gasteiger partial charge in [0.05, 0.1) is 23.0 Å². The minimum absolute atomic E-state index is 0.189. The average molecular weight is 893 g/mol. The first-order valence-electron chi connectivity index (χ1n) is 13.4. The molecule has 12 atom stereocenters. The van der Waals surface area contributed by atoms with Gasteiger partial charge in [-0.05, 0) is 93.6 Å². The van der Waals surface area contributed by atoms with Gasteiger partial charge in [0.1, 0.15) is 29.6 Å². The Morgan fingerprint density at radius 1 is 1.23 bits per heavy atom. The van der Waals surface area contributed by atoms with E-state index in [4.69, 9.17) is 18.9 Å². The fraction of sp³-hybridized carbons (Fsp3) is 0.643. The predicted octanol–water partition coefficient (Wildman–Crippen LogP) is 4.21. The highest BCUT2D eigenvalue weighted by molar-refractivity contribution is 14.1. The average Bonchev–Trinajstić information content (AvgIpc) is 3.28. The summed E-state index contributed by atoms with van der Waals surface area (Å²) in [5.74, 6) is -2.54. The number of esters is 2. The van der Waals surface area contributed by atoms with E-state index in [0.717, 1.165) is 16.4 Å². The lowest BCUT2D eigenvalue weighted by Crippen LogP contribution is -2.57. The van der Waals surface area contributed by atoms with Crippen LogP contribution < -0.4 is 0 Å². The smallest absolute Gasteiger partial charge is 0.356 e. The number of H-pyrrole nitrogens is 1. The molecule has 4 bridgehead atoms. The van der Waals surface area contributed by atoms with Crippen LogP contribution in [0.1, 0.15) is 44.6 Å². The van der Waals surface area contributed by atoms with Crippen molar-refractivity contribution in [3.8, 4) is 0 Å². The zero-order valence-corrected chi connectivity index (χ0v) is 29.2. The van der Waals surface area contributed by atoms with Crippen molar-refractivity contribution >= 4 is 79.7 Å². The summed E-state index contributed by atoms with van der Waals surface area (Å²) in [6, 6.07) is 0. The summed E-state index contributed by atoms with van der Waals surface area (Å²) in [5, 5.41) is 22.3. The van der Waals surface area contributed by atoms with E-state index in [1.807, 2.05) is 32.9 Å². The van der Waals surface area contributed by atoms with E-state index in [-0.39, 0.29) is 36.0 Å². The normalized spacial score (nSPS) is 42.9. The number of aliphatic hydroxyl groups excluding tert-OH is 2. The topological polar surface area (TPSA) is 127 Å². The van der Waals surface area contributed by atoms with Crippen molar-refractivity contribution in [1.82, 2.24) is 4.98 Å². The number of carbonyl (C=O) groups excluding carboxylic acids is 2. The summed E-state index contributed by atoms with van der Waals surface area (Å²) in [6.45, 7) is 7.37. The van der Waals surface area contributed by atoms with Crippen LogP contribution in [0.3, 0.4) is 0 Å². The standard InChI is InChI=1S/C28H34I3NO8/c1-10-8-11(2)28-14(9-16(37-5)26(35)38-22(10)13(4)33)6-7-15-17(28)21(34)12(3)23(24(15)40-28)39-27(36)20-18(29)19(30)25(31)32-20/h6-8,10,12-17,21-24,32-34H,9H2,1-5H3/b11-8+/t10-,12-,13-,14?,15-,16+,17+,21-,22?,23-,24-,28+/m1/s1. The molecule has 9 nitrogen and oxygen atoms in total. The highest BCUT2D eigenvalue weighted by atomic mass is 127. The Bertz CT molecular complexity index is 1250. The van der Waals surface area contributed by atoms with E-state index in [9.17, 15) is 19.8 Å². The molecule has 2 aliphatic heterocycles. The Kier molecular flexibility index (Phi) is 9.09. The number of aliphatic hydroxyl groups is 2. The van der Waals surface area contributed by atoms with E-state index < -0.39 is 54.2 Å². The van der Waals surface area contributed by atoms with Crippen molar-refractivity contribution in [1.29, 1.82) is 0 Å². The Labute approximate surface area is 274 Å². The summed E-state index contributed by atoms with van der Waals surface area (Å²) in [5.41, 5.74) is 0.336. The van der Waals surface area contributed by atoms with E-state index in [1.165, 1.54) is 7.11 Å². The predicted molar refractivity (Wildman–Crippen MR) is 170 cm³/mol. The molecule has 3 heterocycles. The molecule has 1 saturated carbocycles. The second-order valence-electron chi connectivity index (χ2n) is 11.4.